The van der Waals surface area contributed by atoms with Gasteiger partial charge in [-0.05, 0) is 63.5 Å². The van der Waals surface area contributed by atoms with Gasteiger partial charge in [-0.15, -0.1) is 0 Å². The minimum atomic E-state index is -0.441. The minimum Gasteiger partial charge on any atom is -0.464 e. The first-order chi connectivity index (χ1) is 11.1. The van der Waals surface area contributed by atoms with Gasteiger partial charge >= 0.3 is 5.97 Å². The maximum atomic E-state index is 11.6. The number of aromatic nitrogens is 2. The molecule has 0 aromatic carbocycles. The molecular weight excluding hydrogens is 362 g/mol. The van der Waals surface area contributed by atoms with E-state index < -0.39 is 5.97 Å². The lowest BCUT2D eigenvalue weighted by atomic mass is 9.97. The number of nitrogens with one attached hydrogen (secondary N) is 1. The van der Waals surface area contributed by atoms with E-state index in [0.717, 1.165) is 34.0 Å². The zero-order chi connectivity index (χ0) is 16.4. The van der Waals surface area contributed by atoms with E-state index in [2.05, 4.69) is 31.2 Å². The molecule has 0 aliphatic heterocycles. The number of pyridine rings is 2. The Morgan fingerprint density at radius 3 is 2.83 bits per heavy atom. The summed E-state index contributed by atoms with van der Waals surface area (Å²) in [6.07, 6.45) is 5.54. The largest absolute Gasteiger partial charge is 0.464 e. The van der Waals surface area contributed by atoms with Crippen LogP contribution in [0.4, 0.5) is 5.82 Å². The van der Waals surface area contributed by atoms with Crippen LogP contribution in [0.3, 0.4) is 0 Å². The van der Waals surface area contributed by atoms with Crippen molar-refractivity contribution in [2.24, 2.45) is 0 Å². The number of halogens is 1. The molecule has 0 spiro atoms. The Balaban J connectivity index is 1.91. The summed E-state index contributed by atoms with van der Waals surface area (Å²) in [7, 11) is 1.34. The molecule has 2 aromatic heterocycles. The number of hydrogen-bond donors (Lipinski definition) is 1. The fourth-order valence-corrected chi connectivity index (χ4v) is 3.23. The van der Waals surface area contributed by atoms with Gasteiger partial charge in [0.25, 0.3) is 0 Å². The van der Waals surface area contributed by atoms with Crippen LogP contribution < -0.4 is 5.32 Å². The molecule has 2 heterocycles. The van der Waals surface area contributed by atoms with Crippen molar-refractivity contribution in [3.63, 3.8) is 0 Å². The number of methoxy groups -OCH3 is 1. The Morgan fingerprint density at radius 2 is 2.09 bits per heavy atom. The summed E-state index contributed by atoms with van der Waals surface area (Å²) in [5.74, 6) is 0.290. The van der Waals surface area contributed by atoms with Gasteiger partial charge in [-0.2, -0.15) is 0 Å². The Morgan fingerprint density at radius 1 is 1.30 bits per heavy atom. The van der Waals surface area contributed by atoms with Crippen LogP contribution in [0.5, 0.6) is 0 Å². The summed E-state index contributed by atoms with van der Waals surface area (Å²) < 4.78 is 5.56. The van der Waals surface area contributed by atoms with Crippen molar-refractivity contribution in [2.75, 3.05) is 12.4 Å². The lowest BCUT2D eigenvalue weighted by Crippen LogP contribution is -2.07. The normalized spacial score (nSPS) is 15.8. The molecule has 2 aromatic rings. The van der Waals surface area contributed by atoms with Crippen molar-refractivity contribution in [3.05, 3.63) is 51.4 Å². The van der Waals surface area contributed by atoms with Crippen molar-refractivity contribution in [1.29, 1.82) is 0 Å². The molecule has 1 amide bonds. The van der Waals surface area contributed by atoms with Crippen LogP contribution in [0.15, 0.2) is 29.0 Å². The molecule has 0 radical (unpaired) electrons. The Kier molecular flexibility index (Phi) is 4.38. The molecule has 1 atom stereocenters. The maximum Gasteiger partial charge on any atom is 0.356 e. The average Bonchev–Trinajstić information content (AvgIpc) is 2.98. The Hall–Kier alpha value is -2.28. The van der Waals surface area contributed by atoms with Gasteiger partial charge in [-0.3, -0.25) is 4.79 Å². The van der Waals surface area contributed by atoms with E-state index in [1.54, 1.807) is 18.5 Å². The summed E-state index contributed by atoms with van der Waals surface area (Å²) in [5.41, 5.74) is 3.44. The van der Waals surface area contributed by atoms with Crippen molar-refractivity contribution in [2.45, 2.75) is 18.8 Å². The Bertz CT molecular complexity index is 779. The topological polar surface area (TPSA) is 81.2 Å². The molecule has 1 N–H and O–H groups in total. The summed E-state index contributed by atoms with van der Waals surface area (Å²) >= 11 is 3.42. The average molecular weight is 376 g/mol. The number of fused-ring (bicyclic) bond motifs is 1. The van der Waals surface area contributed by atoms with Crippen LogP contribution in [0.25, 0.3) is 0 Å². The highest BCUT2D eigenvalue weighted by Crippen LogP contribution is 2.37. The monoisotopic (exact) mass is 375 g/mol. The smallest absolute Gasteiger partial charge is 0.356 e. The number of amides is 1. The molecule has 1 aliphatic carbocycles. The van der Waals surface area contributed by atoms with E-state index in [4.69, 9.17) is 4.74 Å². The van der Waals surface area contributed by atoms with E-state index in [0.29, 0.717) is 17.9 Å². The van der Waals surface area contributed by atoms with Gasteiger partial charge in [0.15, 0.2) is 0 Å². The molecule has 0 saturated heterocycles. The van der Waals surface area contributed by atoms with Crippen molar-refractivity contribution in [3.8, 4) is 0 Å². The number of nitrogens with zero attached hydrogens (tertiary/aromatic N) is 2. The summed E-state index contributed by atoms with van der Waals surface area (Å²) in [6, 6.07) is 3.74. The molecule has 3 rings (SSSR count). The van der Waals surface area contributed by atoms with Gasteiger partial charge in [0, 0.05) is 16.9 Å². The van der Waals surface area contributed by atoms with Crippen LogP contribution in [0, 0.1) is 0 Å². The highest BCUT2D eigenvalue weighted by Gasteiger charge is 2.27. The predicted octanol–water partition coefficient (Wildman–Crippen LogP) is 2.48. The number of anilines is 1. The van der Waals surface area contributed by atoms with Gasteiger partial charge in [-0.25, -0.2) is 14.8 Å². The third kappa shape index (κ3) is 3.10. The number of carbonyl (C=O) groups is 2. The highest BCUT2D eigenvalue weighted by atomic mass is 79.9. The second kappa shape index (κ2) is 6.45. The first-order valence-corrected chi connectivity index (χ1v) is 7.83. The molecule has 0 bridgehead atoms. The number of esters is 1. The first-order valence-electron chi connectivity index (χ1n) is 7.04. The summed E-state index contributed by atoms with van der Waals surface area (Å²) in [5, 5.41) is 2.64. The molecule has 0 saturated carbocycles. The summed E-state index contributed by atoms with van der Waals surface area (Å²) in [6.45, 7) is 0. The fourth-order valence-electron chi connectivity index (χ4n) is 2.88. The second-order valence-electron chi connectivity index (χ2n) is 5.29. The van der Waals surface area contributed by atoms with Crippen molar-refractivity contribution < 1.29 is 14.3 Å². The van der Waals surface area contributed by atoms with Crippen LogP contribution in [-0.4, -0.2) is 29.5 Å². The fraction of sp³-hybridized carbons (Fsp3) is 0.250. The summed E-state index contributed by atoms with van der Waals surface area (Å²) in [4.78, 5) is 30.8. The molecule has 0 fully saturated rings. The van der Waals surface area contributed by atoms with Crippen LogP contribution in [-0.2, 0) is 22.4 Å². The van der Waals surface area contributed by atoms with Crippen LogP contribution in [0.1, 0.15) is 33.1 Å². The zero-order valence-corrected chi connectivity index (χ0v) is 14.0. The third-order valence-corrected chi connectivity index (χ3v) is 4.36. The van der Waals surface area contributed by atoms with Crippen molar-refractivity contribution in [1.82, 2.24) is 9.97 Å². The van der Waals surface area contributed by atoms with E-state index in [9.17, 15) is 9.59 Å². The molecule has 6 nitrogen and oxygen atoms in total. The molecular formula is C16H14BrN3O3. The van der Waals surface area contributed by atoms with E-state index >= 15 is 0 Å². The molecule has 1 unspecified atom stereocenters. The molecule has 23 heavy (non-hydrogen) atoms. The van der Waals surface area contributed by atoms with Crippen molar-refractivity contribution >= 4 is 34.1 Å². The Labute approximate surface area is 141 Å². The lowest BCUT2D eigenvalue weighted by Gasteiger charge is -2.14. The van der Waals surface area contributed by atoms with Gasteiger partial charge in [0.1, 0.15) is 11.5 Å². The lowest BCUT2D eigenvalue weighted by molar-refractivity contribution is -0.105. The predicted molar refractivity (Wildman–Crippen MR) is 87.3 cm³/mol. The molecule has 1 aliphatic rings. The second-order valence-corrected chi connectivity index (χ2v) is 6.20. The zero-order valence-electron chi connectivity index (χ0n) is 12.4. The van der Waals surface area contributed by atoms with Gasteiger partial charge in [-0.1, -0.05) is 0 Å². The highest BCUT2D eigenvalue weighted by molar-refractivity contribution is 9.10. The van der Waals surface area contributed by atoms with Crippen LogP contribution in [0.2, 0.25) is 0 Å². The third-order valence-electron chi connectivity index (χ3n) is 3.93. The number of rotatable bonds is 4. The molecule has 7 heteroatoms. The minimum absolute atomic E-state index is 0.173. The van der Waals surface area contributed by atoms with Gasteiger partial charge < -0.3 is 10.1 Å². The molecule has 118 valence electrons. The standard InChI is InChI=1S/C16H14BrN3O3/c1-23-16(22)14-4-9-2-10(3-11(9)6-18-14)13-5-12(17)7-19-15(13)20-8-21/h4-8,10H,2-3H2,1H3,(H,19,20,21). The number of ether oxygens (including phenoxy) is 1. The van der Waals surface area contributed by atoms with E-state index in [-0.39, 0.29) is 5.92 Å². The van der Waals surface area contributed by atoms with Crippen LogP contribution >= 0.6 is 15.9 Å². The number of hydrogen-bond acceptors (Lipinski definition) is 5. The number of carbonyl (C=O) groups excluding carboxylic acids is 2. The van der Waals surface area contributed by atoms with E-state index in [1.165, 1.54) is 7.11 Å². The van der Waals surface area contributed by atoms with Gasteiger partial charge in [0.2, 0.25) is 6.41 Å². The first kappa shape index (κ1) is 15.6. The quantitative estimate of drug-likeness (QED) is 0.655. The van der Waals surface area contributed by atoms with Gasteiger partial charge in [0.05, 0.1) is 7.11 Å². The maximum absolute atomic E-state index is 11.6. The van der Waals surface area contributed by atoms with E-state index in [1.807, 2.05) is 6.07 Å². The SMILES string of the molecule is COC(=O)c1cc2c(cn1)CC(c1cc(Br)cnc1NC=O)C2.